The molecule has 0 heterocycles. The van der Waals surface area contributed by atoms with Gasteiger partial charge in [-0.1, -0.05) is 74.6 Å². The van der Waals surface area contributed by atoms with Crippen LogP contribution in [0.3, 0.4) is 0 Å². The van der Waals surface area contributed by atoms with Gasteiger partial charge in [-0.05, 0) is 57.8 Å². The molecule has 1 unspecified atom stereocenters. The predicted octanol–water partition coefficient (Wildman–Crippen LogP) is 6.79. The number of ether oxygens (including phenoxy) is 1. The Bertz CT molecular complexity index is 484. The lowest BCUT2D eigenvalue weighted by Crippen LogP contribution is -2.23. The van der Waals surface area contributed by atoms with E-state index in [9.17, 15) is 4.79 Å². The van der Waals surface area contributed by atoms with Crippen LogP contribution in [0.2, 0.25) is 0 Å². The van der Waals surface area contributed by atoms with Gasteiger partial charge in [0.25, 0.3) is 0 Å². The molecule has 0 radical (unpaired) electrons. The first kappa shape index (κ1) is 25.1. The van der Waals surface area contributed by atoms with Crippen LogP contribution in [-0.4, -0.2) is 23.8 Å². The Labute approximate surface area is 166 Å². The number of allylic oxidation sites excluding steroid dienone is 10. The molecule has 0 spiro atoms. The van der Waals surface area contributed by atoms with Gasteiger partial charge in [-0.15, -0.1) is 0 Å². The zero-order valence-corrected chi connectivity index (χ0v) is 17.2. The summed E-state index contributed by atoms with van der Waals surface area (Å²) >= 11 is 0. The summed E-state index contributed by atoms with van der Waals surface area (Å²) in [4.78, 5) is 10.8. The van der Waals surface area contributed by atoms with Crippen molar-refractivity contribution < 1.29 is 14.6 Å². The number of aliphatic carboxylic acids is 1. The molecule has 0 aliphatic heterocycles. The van der Waals surface area contributed by atoms with E-state index in [4.69, 9.17) is 9.84 Å². The highest BCUT2D eigenvalue weighted by atomic mass is 16.5. The fraction of sp³-hybridized carbons (Fsp3) is 0.542. The number of unbranched alkanes of at least 4 members (excludes halogenated alkanes) is 2. The van der Waals surface area contributed by atoms with Crippen LogP contribution in [0.1, 0.15) is 71.6 Å². The van der Waals surface area contributed by atoms with Gasteiger partial charge >= 0.3 is 5.97 Å². The highest BCUT2D eigenvalue weighted by Crippen LogP contribution is 2.03. The maximum Gasteiger partial charge on any atom is 0.332 e. The molecule has 0 saturated heterocycles. The summed E-state index contributed by atoms with van der Waals surface area (Å²) in [6.07, 6.45) is 29.9. The van der Waals surface area contributed by atoms with E-state index in [1.165, 1.54) is 0 Å². The minimum Gasteiger partial charge on any atom is -0.479 e. The van der Waals surface area contributed by atoms with Crippen molar-refractivity contribution in [1.82, 2.24) is 0 Å². The van der Waals surface area contributed by atoms with Crippen molar-refractivity contribution in [1.29, 1.82) is 0 Å². The molecular weight excluding hydrogens is 336 g/mol. The van der Waals surface area contributed by atoms with Gasteiger partial charge in [-0.2, -0.15) is 0 Å². The largest absolute Gasteiger partial charge is 0.479 e. The molecule has 1 N–H and O–H groups in total. The number of hydrogen-bond acceptors (Lipinski definition) is 2. The maximum atomic E-state index is 10.8. The number of carbonyl (C=O) groups is 1. The molecule has 0 bridgehead atoms. The number of carboxylic acids is 1. The zero-order valence-electron chi connectivity index (χ0n) is 17.2. The van der Waals surface area contributed by atoms with Crippen LogP contribution in [0.5, 0.6) is 0 Å². The van der Waals surface area contributed by atoms with Gasteiger partial charge in [0.1, 0.15) is 0 Å². The van der Waals surface area contributed by atoms with Gasteiger partial charge in [-0.3, -0.25) is 0 Å². The Morgan fingerprint density at radius 1 is 0.778 bits per heavy atom. The highest BCUT2D eigenvalue weighted by Gasteiger charge is 2.14. The van der Waals surface area contributed by atoms with E-state index >= 15 is 0 Å². The highest BCUT2D eigenvalue weighted by molar-refractivity contribution is 5.72. The molecule has 0 rings (SSSR count). The first-order valence-electron chi connectivity index (χ1n) is 10.3. The number of rotatable bonds is 17. The summed E-state index contributed by atoms with van der Waals surface area (Å²) in [6, 6.07) is 0. The third-order valence-electron chi connectivity index (χ3n) is 3.89. The van der Waals surface area contributed by atoms with Gasteiger partial charge in [-0.25, -0.2) is 4.79 Å². The monoisotopic (exact) mass is 374 g/mol. The van der Waals surface area contributed by atoms with E-state index in [1.807, 2.05) is 6.92 Å². The third kappa shape index (κ3) is 18.7. The molecule has 1 atom stereocenters. The fourth-order valence-electron chi connectivity index (χ4n) is 2.32. The third-order valence-corrected chi connectivity index (χ3v) is 3.89. The first-order valence-corrected chi connectivity index (χ1v) is 10.3. The van der Waals surface area contributed by atoms with Crippen molar-refractivity contribution >= 4 is 5.97 Å². The van der Waals surface area contributed by atoms with Crippen molar-refractivity contribution in [3.63, 3.8) is 0 Å². The van der Waals surface area contributed by atoms with E-state index in [1.54, 1.807) is 0 Å². The van der Waals surface area contributed by atoms with E-state index in [0.29, 0.717) is 13.0 Å². The average Bonchev–Trinajstić information content (AvgIpc) is 2.66. The Morgan fingerprint density at radius 3 is 1.70 bits per heavy atom. The van der Waals surface area contributed by atoms with E-state index < -0.39 is 12.1 Å². The van der Waals surface area contributed by atoms with Gasteiger partial charge in [0.05, 0.1) is 0 Å². The summed E-state index contributed by atoms with van der Waals surface area (Å²) in [5.74, 6) is -0.865. The summed E-state index contributed by atoms with van der Waals surface area (Å²) in [6.45, 7) is 4.50. The van der Waals surface area contributed by atoms with Crippen LogP contribution < -0.4 is 0 Å². The Morgan fingerprint density at radius 2 is 1.26 bits per heavy atom. The van der Waals surface area contributed by atoms with Crippen LogP contribution >= 0.6 is 0 Å². The lowest BCUT2D eigenvalue weighted by molar-refractivity contribution is -0.150. The lowest BCUT2D eigenvalue weighted by atomic mass is 10.2. The fourth-order valence-corrected chi connectivity index (χ4v) is 2.32. The smallest absolute Gasteiger partial charge is 0.332 e. The Kier molecular flexibility index (Phi) is 19.0. The van der Waals surface area contributed by atoms with Gasteiger partial charge in [0.2, 0.25) is 0 Å². The quantitative estimate of drug-likeness (QED) is 0.225. The Balaban J connectivity index is 3.51. The summed E-state index contributed by atoms with van der Waals surface area (Å²) < 4.78 is 5.33. The topological polar surface area (TPSA) is 46.5 Å². The summed E-state index contributed by atoms with van der Waals surface area (Å²) in [7, 11) is 0. The maximum absolute atomic E-state index is 10.8. The molecule has 0 aliphatic carbocycles. The van der Waals surface area contributed by atoms with E-state index in [0.717, 1.165) is 51.4 Å². The second-order valence-corrected chi connectivity index (χ2v) is 6.31. The van der Waals surface area contributed by atoms with Gasteiger partial charge in [0.15, 0.2) is 6.10 Å². The molecule has 27 heavy (non-hydrogen) atoms. The van der Waals surface area contributed by atoms with Crippen molar-refractivity contribution in [3.8, 4) is 0 Å². The molecule has 0 aromatic heterocycles. The molecule has 0 aromatic carbocycles. The summed E-state index contributed by atoms with van der Waals surface area (Å²) in [5, 5.41) is 8.87. The Hall–Kier alpha value is -1.87. The van der Waals surface area contributed by atoms with Crippen LogP contribution in [0, 0.1) is 0 Å². The molecule has 3 heteroatoms. The molecular formula is C24H38O3. The molecule has 3 nitrogen and oxygen atoms in total. The van der Waals surface area contributed by atoms with E-state index in [-0.39, 0.29) is 0 Å². The second-order valence-electron chi connectivity index (χ2n) is 6.31. The van der Waals surface area contributed by atoms with Crippen molar-refractivity contribution in [2.75, 3.05) is 6.61 Å². The van der Waals surface area contributed by atoms with Crippen molar-refractivity contribution in [2.45, 2.75) is 77.7 Å². The van der Waals surface area contributed by atoms with Crippen LogP contribution in [-0.2, 0) is 9.53 Å². The van der Waals surface area contributed by atoms with Crippen LogP contribution in [0.15, 0.2) is 60.8 Å². The molecule has 152 valence electrons. The van der Waals surface area contributed by atoms with Gasteiger partial charge < -0.3 is 9.84 Å². The minimum absolute atomic E-state index is 0.518. The SMILES string of the molecule is CC/C=C\C/C=C\CC=CC/C=C\C/C=C\CCCCOC(CC)C(=O)O. The molecule has 0 fully saturated rings. The van der Waals surface area contributed by atoms with Gasteiger partial charge in [0, 0.05) is 6.61 Å². The van der Waals surface area contributed by atoms with Crippen LogP contribution in [0.4, 0.5) is 0 Å². The number of hydrogen-bond donors (Lipinski definition) is 1. The predicted molar refractivity (Wildman–Crippen MR) is 116 cm³/mol. The second kappa shape index (κ2) is 20.4. The van der Waals surface area contributed by atoms with Crippen molar-refractivity contribution in [2.24, 2.45) is 0 Å². The normalized spacial score (nSPS) is 13.9. The van der Waals surface area contributed by atoms with Crippen molar-refractivity contribution in [3.05, 3.63) is 60.8 Å². The standard InChI is InChI=1S/C24H38O3/c1-3-5-6-7-8-9-10-11-12-13-14-15-16-17-18-19-20-21-22-27-23(4-2)24(25)26/h5-6,8-9,11-12,14-15,17-18,23H,3-4,7,10,13,16,19-22H2,1-2H3,(H,25,26)/b6-5-,9-8-,12-11?,15-14-,18-17-. The molecule has 0 saturated carbocycles. The molecule has 0 amide bonds. The lowest BCUT2D eigenvalue weighted by Gasteiger charge is -2.10. The van der Waals surface area contributed by atoms with E-state index in [2.05, 4.69) is 67.7 Å². The average molecular weight is 375 g/mol. The first-order chi connectivity index (χ1) is 13.2. The zero-order chi connectivity index (χ0) is 20.0. The summed E-state index contributed by atoms with van der Waals surface area (Å²) in [5.41, 5.74) is 0. The van der Waals surface area contributed by atoms with Crippen LogP contribution in [0.25, 0.3) is 0 Å². The number of carboxylic acid groups (broad SMARTS) is 1. The molecule has 0 aromatic rings. The molecule has 0 aliphatic rings. The minimum atomic E-state index is -0.865.